The molecular weight excluding hydrogens is 611 g/mol. The Balaban J connectivity index is 1.17. The topological polar surface area (TPSA) is 75.3 Å². The van der Waals surface area contributed by atoms with Crippen molar-refractivity contribution in [2.75, 3.05) is 0 Å². The van der Waals surface area contributed by atoms with Crippen molar-refractivity contribution in [3.8, 4) is 73.6 Å². The molecule has 2 aromatic heterocycles. The van der Waals surface area contributed by atoms with E-state index in [0.717, 1.165) is 46.2 Å². The first-order valence-electron chi connectivity index (χ1n) is 17.3. The van der Waals surface area contributed by atoms with Gasteiger partial charge in [-0.05, 0) is 81.6 Å². The molecule has 0 N–H and O–H groups in total. The monoisotopic (exact) mass is 643 g/mol. The summed E-state index contributed by atoms with van der Waals surface area (Å²) < 4.78 is 0. The maximum absolute atomic E-state index is 9.87. The van der Waals surface area contributed by atoms with Crippen molar-refractivity contribution in [1.29, 1.82) is 5.26 Å². The zero-order valence-corrected chi connectivity index (χ0v) is 27.6. The van der Waals surface area contributed by atoms with Gasteiger partial charge in [0, 0.05) is 34.5 Å². The average molecular weight is 644 g/mol. The summed E-state index contributed by atoms with van der Waals surface area (Å²) in [5, 5.41) is 9.87. The van der Waals surface area contributed by atoms with Gasteiger partial charge < -0.3 is 0 Å². The van der Waals surface area contributed by atoms with Crippen molar-refractivity contribution in [2.24, 2.45) is 0 Å². The average Bonchev–Trinajstić information content (AvgIpc) is 3.46. The van der Waals surface area contributed by atoms with Crippen LogP contribution < -0.4 is 0 Å². The molecule has 1 spiro atoms. The third-order valence-corrected chi connectivity index (χ3v) is 10.5. The van der Waals surface area contributed by atoms with E-state index in [1.165, 1.54) is 47.1 Å². The quantitative estimate of drug-likeness (QED) is 0.187. The minimum absolute atomic E-state index is 0.00475. The van der Waals surface area contributed by atoms with Crippen LogP contribution in [0.4, 0.5) is 0 Å². The van der Waals surface area contributed by atoms with Crippen LogP contribution >= 0.6 is 0 Å². The number of nitrogens with zero attached hydrogens (tertiary/aromatic N) is 5. The highest BCUT2D eigenvalue weighted by molar-refractivity contribution is 5.94. The molecule has 0 bridgehead atoms. The zero-order chi connectivity index (χ0) is 33.5. The second-order valence-corrected chi connectivity index (χ2v) is 13.3. The summed E-state index contributed by atoms with van der Waals surface area (Å²) >= 11 is 0. The molecule has 5 aromatic carbocycles. The van der Waals surface area contributed by atoms with Crippen LogP contribution in [0.15, 0.2) is 140 Å². The number of pyridine rings is 1. The Bertz CT molecular complexity index is 2400. The van der Waals surface area contributed by atoms with E-state index in [1.54, 1.807) is 6.20 Å². The van der Waals surface area contributed by atoms with E-state index in [1.807, 2.05) is 48.7 Å². The van der Waals surface area contributed by atoms with Gasteiger partial charge in [0.05, 0.1) is 11.6 Å². The molecule has 0 saturated heterocycles. The van der Waals surface area contributed by atoms with Gasteiger partial charge in [-0.15, -0.1) is 0 Å². The predicted molar refractivity (Wildman–Crippen MR) is 199 cm³/mol. The standard InChI is InChI=1S/C45H33N5/c46-28-30-17-22-39-38(26-30)41-37(15-8-16-40(41)45(39)23-5-2-6-24-45)34-12-7-13-35(27-34)44-49-42(32-10-3-1-4-11-32)48-43(50-44)33-20-18-31(19-21-33)36-14-9-25-47-29-36/h1,3-4,7-22,25-27,29H,2,5-6,23-24H2. The third-order valence-electron chi connectivity index (χ3n) is 10.5. The molecule has 2 heterocycles. The zero-order valence-electron chi connectivity index (χ0n) is 27.6. The fourth-order valence-corrected chi connectivity index (χ4v) is 8.08. The molecule has 0 amide bonds. The Morgan fingerprint density at radius 3 is 1.90 bits per heavy atom. The number of rotatable bonds is 5. The molecular formula is C45H33N5. The molecule has 0 atom stereocenters. The van der Waals surface area contributed by atoms with Crippen LogP contribution in [0.2, 0.25) is 0 Å². The maximum atomic E-state index is 9.87. The minimum Gasteiger partial charge on any atom is -0.264 e. The van der Waals surface area contributed by atoms with Crippen molar-refractivity contribution in [1.82, 2.24) is 19.9 Å². The molecule has 1 saturated carbocycles. The van der Waals surface area contributed by atoms with Gasteiger partial charge in [-0.1, -0.05) is 122 Å². The Morgan fingerprint density at radius 2 is 1.16 bits per heavy atom. The number of aromatic nitrogens is 4. The Hall–Kier alpha value is -6.25. The summed E-state index contributed by atoms with van der Waals surface area (Å²) in [6.45, 7) is 0. The summed E-state index contributed by atoms with van der Waals surface area (Å²) in [6.07, 6.45) is 9.65. The first-order valence-corrected chi connectivity index (χ1v) is 17.3. The van der Waals surface area contributed by atoms with Crippen molar-refractivity contribution in [3.05, 3.63) is 156 Å². The number of nitriles is 1. The van der Waals surface area contributed by atoms with E-state index < -0.39 is 0 Å². The van der Waals surface area contributed by atoms with E-state index in [-0.39, 0.29) is 5.41 Å². The molecule has 2 aliphatic carbocycles. The highest BCUT2D eigenvalue weighted by Gasteiger charge is 2.44. The molecule has 0 radical (unpaired) electrons. The lowest BCUT2D eigenvalue weighted by Gasteiger charge is -2.36. The van der Waals surface area contributed by atoms with Gasteiger partial charge in [0.2, 0.25) is 0 Å². The van der Waals surface area contributed by atoms with Gasteiger partial charge in [0.25, 0.3) is 0 Å². The summed E-state index contributed by atoms with van der Waals surface area (Å²) in [6, 6.07) is 46.4. The number of hydrogen-bond acceptors (Lipinski definition) is 5. The van der Waals surface area contributed by atoms with Crippen LogP contribution in [0, 0.1) is 11.3 Å². The fraction of sp³-hybridized carbons (Fsp3) is 0.133. The van der Waals surface area contributed by atoms with Crippen LogP contribution in [-0.4, -0.2) is 19.9 Å². The van der Waals surface area contributed by atoms with Crippen LogP contribution in [0.1, 0.15) is 48.8 Å². The first-order chi connectivity index (χ1) is 24.7. The predicted octanol–water partition coefficient (Wildman–Crippen LogP) is 10.7. The second-order valence-electron chi connectivity index (χ2n) is 13.3. The fourth-order valence-electron chi connectivity index (χ4n) is 8.08. The van der Waals surface area contributed by atoms with Gasteiger partial charge in [0.1, 0.15) is 0 Å². The largest absolute Gasteiger partial charge is 0.264 e. The molecule has 238 valence electrons. The molecule has 9 rings (SSSR count). The Morgan fingerprint density at radius 1 is 0.500 bits per heavy atom. The molecule has 5 heteroatoms. The maximum Gasteiger partial charge on any atom is 0.164 e. The molecule has 0 aliphatic heterocycles. The number of benzene rings is 5. The lowest BCUT2D eigenvalue weighted by atomic mass is 9.67. The van der Waals surface area contributed by atoms with Gasteiger partial charge in [-0.25, -0.2) is 15.0 Å². The highest BCUT2D eigenvalue weighted by Crippen LogP contribution is 2.58. The van der Waals surface area contributed by atoms with Crippen LogP contribution in [0.5, 0.6) is 0 Å². The van der Waals surface area contributed by atoms with Gasteiger partial charge in [0.15, 0.2) is 17.5 Å². The Kier molecular flexibility index (Phi) is 7.36. The summed E-state index contributed by atoms with van der Waals surface area (Å²) in [7, 11) is 0. The summed E-state index contributed by atoms with van der Waals surface area (Å²) in [4.78, 5) is 19.3. The normalized spacial score (nSPS) is 14.1. The van der Waals surface area contributed by atoms with E-state index in [4.69, 9.17) is 15.0 Å². The van der Waals surface area contributed by atoms with Crippen LogP contribution in [0.25, 0.3) is 67.5 Å². The summed E-state index contributed by atoms with van der Waals surface area (Å²) in [5.41, 5.74) is 13.1. The lowest BCUT2D eigenvalue weighted by molar-refractivity contribution is 0.353. The van der Waals surface area contributed by atoms with E-state index in [9.17, 15) is 5.26 Å². The van der Waals surface area contributed by atoms with Crippen molar-refractivity contribution in [3.63, 3.8) is 0 Å². The van der Waals surface area contributed by atoms with Crippen LogP contribution in [0.3, 0.4) is 0 Å². The lowest BCUT2D eigenvalue weighted by Crippen LogP contribution is -2.28. The number of fused-ring (bicyclic) bond motifs is 5. The third kappa shape index (κ3) is 5.09. The van der Waals surface area contributed by atoms with Crippen molar-refractivity contribution < 1.29 is 0 Å². The van der Waals surface area contributed by atoms with E-state index in [0.29, 0.717) is 23.0 Å². The smallest absolute Gasteiger partial charge is 0.164 e. The molecule has 5 nitrogen and oxygen atoms in total. The first kappa shape index (κ1) is 29.9. The minimum atomic E-state index is 0.00475. The van der Waals surface area contributed by atoms with Crippen molar-refractivity contribution >= 4 is 0 Å². The molecule has 50 heavy (non-hydrogen) atoms. The van der Waals surface area contributed by atoms with Gasteiger partial charge >= 0.3 is 0 Å². The van der Waals surface area contributed by atoms with Gasteiger partial charge in [-0.2, -0.15) is 5.26 Å². The van der Waals surface area contributed by atoms with Gasteiger partial charge in [-0.3, -0.25) is 4.98 Å². The van der Waals surface area contributed by atoms with Crippen molar-refractivity contribution in [2.45, 2.75) is 37.5 Å². The molecule has 0 unspecified atom stereocenters. The molecule has 7 aromatic rings. The number of hydrogen-bond donors (Lipinski definition) is 0. The van der Waals surface area contributed by atoms with E-state index >= 15 is 0 Å². The Labute approximate surface area is 292 Å². The van der Waals surface area contributed by atoms with E-state index in [2.05, 4.69) is 96.0 Å². The molecule has 1 fully saturated rings. The second kappa shape index (κ2) is 12.3. The van der Waals surface area contributed by atoms with Crippen LogP contribution in [-0.2, 0) is 5.41 Å². The molecule has 2 aliphatic rings. The highest BCUT2D eigenvalue weighted by atomic mass is 15.0. The SMILES string of the molecule is N#Cc1ccc2c(c1)-c1c(-c3cccc(-c4nc(-c5ccccc5)nc(-c5ccc(-c6cccnc6)cc5)n4)c3)cccc1C21CCCCC1. The summed E-state index contributed by atoms with van der Waals surface area (Å²) in [5.74, 6) is 1.87.